The van der Waals surface area contributed by atoms with E-state index >= 15 is 0 Å². The number of amides is 1. The van der Waals surface area contributed by atoms with Gasteiger partial charge in [-0.15, -0.1) is 5.10 Å². The third-order valence-electron chi connectivity index (χ3n) is 5.95. The highest BCUT2D eigenvalue weighted by Crippen LogP contribution is 2.33. The van der Waals surface area contributed by atoms with Gasteiger partial charge in [0.05, 0.1) is 24.5 Å². The van der Waals surface area contributed by atoms with Crippen molar-refractivity contribution in [3.05, 3.63) is 83.9 Å². The summed E-state index contributed by atoms with van der Waals surface area (Å²) in [5.41, 5.74) is 0.912. The lowest BCUT2D eigenvalue weighted by atomic mass is 10.1. The Bertz CT molecular complexity index is 1420. The molecule has 0 unspecified atom stereocenters. The molecule has 0 aliphatic heterocycles. The molecule has 0 aliphatic carbocycles. The molecule has 0 saturated heterocycles. The van der Waals surface area contributed by atoms with Gasteiger partial charge in [0, 0.05) is 23.4 Å². The van der Waals surface area contributed by atoms with Crippen molar-refractivity contribution in [2.75, 3.05) is 31.7 Å². The standard InChI is InChI=1S/C30H31F3N4O4/c1-3-5-17-40-26-15-9-21(10-16-26)28(38)34-24-11-13-25(14-12-24)37-27(35-29(36-37)41-19-18-39-4-2)22-7-6-8-23(20-22)30(31,32)33/h6-16,20H,3-5,17-19H2,1-2H3,(H,34,38). The lowest BCUT2D eigenvalue weighted by molar-refractivity contribution is -0.137. The van der Waals surface area contributed by atoms with E-state index in [1.54, 1.807) is 48.5 Å². The van der Waals surface area contributed by atoms with Crippen LogP contribution >= 0.6 is 0 Å². The summed E-state index contributed by atoms with van der Waals surface area (Å²) in [6.07, 6.45) is -2.53. The fourth-order valence-electron chi connectivity index (χ4n) is 3.82. The predicted octanol–water partition coefficient (Wildman–Crippen LogP) is 6.80. The molecule has 11 heteroatoms. The number of hydrogen-bond acceptors (Lipinski definition) is 6. The number of hydrogen-bond donors (Lipinski definition) is 1. The number of nitrogens with one attached hydrogen (secondary N) is 1. The van der Waals surface area contributed by atoms with Crippen LogP contribution in [-0.4, -0.2) is 47.1 Å². The highest BCUT2D eigenvalue weighted by Gasteiger charge is 2.31. The van der Waals surface area contributed by atoms with Gasteiger partial charge in [0.15, 0.2) is 5.82 Å². The van der Waals surface area contributed by atoms with Gasteiger partial charge in [-0.1, -0.05) is 25.5 Å². The number of ether oxygens (including phenoxy) is 3. The average Bonchev–Trinajstić information content (AvgIpc) is 3.40. The monoisotopic (exact) mass is 568 g/mol. The first-order chi connectivity index (χ1) is 19.8. The minimum Gasteiger partial charge on any atom is -0.494 e. The minimum absolute atomic E-state index is 0.00313. The summed E-state index contributed by atoms with van der Waals surface area (Å²) in [6.45, 7) is 5.56. The number of nitrogens with zero attached hydrogens (tertiary/aromatic N) is 3. The number of carbonyl (C=O) groups is 1. The molecule has 1 heterocycles. The summed E-state index contributed by atoms with van der Waals surface area (Å²) in [7, 11) is 0. The molecule has 0 saturated carbocycles. The van der Waals surface area contributed by atoms with Crippen LogP contribution in [0.3, 0.4) is 0 Å². The third-order valence-corrected chi connectivity index (χ3v) is 5.95. The van der Waals surface area contributed by atoms with Gasteiger partial charge < -0.3 is 19.5 Å². The molecule has 0 bridgehead atoms. The van der Waals surface area contributed by atoms with Gasteiger partial charge >= 0.3 is 12.2 Å². The summed E-state index contributed by atoms with van der Waals surface area (Å²) < 4.78 is 58.0. The Morgan fingerprint density at radius 3 is 2.37 bits per heavy atom. The first-order valence-electron chi connectivity index (χ1n) is 13.3. The molecule has 1 N–H and O–H groups in total. The number of carbonyl (C=O) groups excluding carboxylic acids is 1. The Labute approximate surface area is 236 Å². The zero-order valence-corrected chi connectivity index (χ0v) is 22.8. The fraction of sp³-hybridized carbons (Fsp3) is 0.300. The van der Waals surface area contributed by atoms with Crippen molar-refractivity contribution in [3.63, 3.8) is 0 Å². The van der Waals surface area contributed by atoms with Crippen LogP contribution in [0.1, 0.15) is 42.6 Å². The van der Waals surface area contributed by atoms with Crippen molar-refractivity contribution in [1.82, 2.24) is 14.8 Å². The smallest absolute Gasteiger partial charge is 0.416 e. The Hall–Kier alpha value is -4.38. The second kappa shape index (κ2) is 13.8. The number of benzene rings is 3. The van der Waals surface area contributed by atoms with Gasteiger partial charge in [0.2, 0.25) is 0 Å². The van der Waals surface area contributed by atoms with Gasteiger partial charge in [-0.3, -0.25) is 4.79 Å². The molecule has 4 rings (SSSR count). The molecule has 1 amide bonds. The van der Waals surface area contributed by atoms with Crippen molar-refractivity contribution < 1.29 is 32.2 Å². The van der Waals surface area contributed by atoms with Crippen molar-refractivity contribution in [1.29, 1.82) is 0 Å². The molecule has 3 aromatic carbocycles. The average molecular weight is 569 g/mol. The van der Waals surface area contributed by atoms with Crippen LogP contribution < -0.4 is 14.8 Å². The van der Waals surface area contributed by atoms with E-state index in [0.29, 0.717) is 42.5 Å². The van der Waals surface area contributed by atoms with Gasteiger partial charge in [-0.05, 0) is 74.0 Å². The molecule has 0 aliphatic rings. The molecule has 0 atom stereocenters. The molecule has 8 nitrogen and oxygen atoms in total. The van der Waals surface area contributed by atoms with E-state index in [1.807, 2.05) is 6.92 Å². The first-order valence-corrected chi connectivity index (χ1v) is 13.3. The molecule has 0 spiro atoms. The SMILES string of the molecule is CCCCOc1ccc(C(=O)Nc2ccc(-n3nc(OCCOCC)nc3-c3cccc(C(F)(F)F)c3)cc2)cc1. The van der Waals surface area contributed by atoms with Gasteiger partial charge in [0.25, 0.3) is 5.91 Å². The zero-order valence-electron chi connectivity index (χ0n) is 22.8. The maximum atomic E-state index is 13.4. The van der Waals surface area contributed by atoms with Crippen LogP contribution in [0, 0.1) is 0 Å². The van der Waals surface area contributed by atoms with Crippen LogP contribution in [0.4, 0.5) is 18.9 Å². The molecule has 1 aromatic heterocycles. The van der Waals surface area contributed by atoms with Crippen molar-refractivity contribution >= 4 is 11.6 Å². The first kappa shape index (κ1) is 29.6. The van der Waals surface area contributed by atoms with Crippen LogP contribution in [0.5, 0.6) is 11.8 Å². The highest BCUT2D eigenvalue weighted by molar-refractivity contribution is 6.04. The lowest BCUT2D eigenvalue weighted by Gasteiger charge is -2.11. The van der Waals surface area contributed by atoms with Crippen LogP contribution in [0.2, 0.25) is 0 Å². The predicted molar refractivity (Wildman–Crippen MR) is 149 cm³/mol. The third kappa shape index (κ3) is 8.07. The maximum absolute atomic E-state index is 13.4. The zero-order chi connectivity index (χ0) is 29.2. The number of anilines is 1. The van der Waals surface area contributed by atoms with Crippen LogP contribution in [0.25, 0.3) is 17.1 Å². The number of rotatable bonds is 13. The van der Waals surface area contributed by atoms with E-state index in [4.69, 9.17) is 14.2 Å². The van der Waals surface area contributed by atoms with E-state index in [2.05, 4.69) is 22.3 Å². The van der Waals surface area contributed by atoms with E-state index < -0.39 is 11.7 Å². The summed E-state index contributed by atoms with van der Waals surface area (Å²) >= 11 is 0. The molecule has 41 heavy (non-hydrogen) atoms. The molecular formula is C30H31F3N4O4. The second-order valence-corrected chi connectivity index (χ2v) is 8.98. The van der Waals surface area contributed by atoms with E-state index in [0.717, 1.165) is 25.0 Å². The quantitative estimate of drug-likeness (QED) is 0.179. The van der Waals surface area contributed by atoms with E-state index in [-0.39, 0.29) is 29.9 Å². The van der Waals surface area contributed by atoms with Gasteiger partial charge in [-0.25, -0.2) is 4.68 Å². The second-order valence-electron chi connectivity index (χ2n) is 8.98. The van der Waals surface area contributed by atoms with Crippen molar-refractivity contribution in [2.24, 2.45) is 0 Å². The van der Waals surface area contributed by atoms with Crippen LogP contribution in [0.15, 0.2) is 72.8 Å². The van der Waals surface area contributed by atoms with Crippen LogP contribution in [-0.2, 0) is 10.9 Å². The number of aromatic nitrogens is 3. The Morgan fingerprint density at radius 2 is 1.68 bits per heavy atom. The molecule has 0 fully saturated rings. The summed E-state index contributed by atoms with van der Waals surface area (Å²) in [5, 5.41) is 7.20. The van der Waals surface area contributed by atoms with Gasteiger partial charge in [0.1, 0.15) is 12.4 Å². The summed E-state index contributed by atoms with van der Waals surface area (Å²) in [4.78, 5) is 17.1. The number of alkyl halides is 3. The van der Waals surface area contributed by atoms with E-state index in [1.165, 1.54) is 16.8 Å². The largest absolute Gasteiger partial charge is 0.494 e. The lowest BCUT2D eigenvalue weighted by Crippen LogP contribution is -2.12. The maximum Gasteiger partial charge on any atom is 0.416 e. The number of halogens is 3. The Morgan fingerprint density at radius 1 is 0.927 bits per heavy atom. The highest BCUT2D eigenvalue weighted by atomic mass is 19.4. The summed E-state index contributed by atoms with van der Waals surface area (Å²) in [6, 6.07) is 18.4. The normalized spacial score (nSPS) is 11.3. The topological polar surface area (TPSA) is 87.5 Å². The Balaban J connectivity index is 1.53. The van der Waals surface area contributed by atoms with Gasteiger partial charge in [-0.2, -0.15) is 18.2 Å². The molecule has 216 valence electrons. The molecular weight excluding hydrogens is 537 g/mol. The van der Waals surface area contributed by atoms with Crippen molar-refractivity contribution in [3.8, 4) is 28.8 Å². The Kier molecular flexibility index (Phi) is 9.96. The fourth-order valence-corrected chi connectivity index (χ4v) is 3.82. The van der Waals surface area contributed by atoms with Crippen molar-refractivity contribution in [2.45, 2.75) is 32.9 Å². The molecule has 0 radical (unpaired) electrons. The molecule has 4 aromatic rings. The summed E-state index contributed by atoms with van der Waals surface area (Å²) in [5.74, 6) is 0.568. The minimum atomic E-state index is -4.51. The number of unbranched alkanes of at least 4 members (excludes halogenated alkanes) is 1. The van der Waals surface area contributed by atoms with E-state index in [9.17, 15) is 18.0 Å².